The lowest BCUT2D eigenvalue weighted by molar-refractivity contribution is 0.101. The van der Waals surface area contributed by atoms with Crippen LogP contribution in [0.1, 0.15) is 41.4 Å². The van der Waals surface area contributed by atoms with Gasteiger partial charge in [-0.3, -0.25) is 9.59 Å². The number of carbonyl (C=O) groups is 1. The standard InChI is InChI=1S/C11H13NO2/c1-7(13)9-6-8-4-2-3-5-10(8)12-11(9)14/h6H,2-5H2,1H3,(H,12,14). The van der Waals surface area contributed by atoms with Crippen LogP contribution in [0.25, 0.3) is 0 Å². The van der Waals surface area contributed by atoms with E-state index in [1.54, 1.807) is 6.07 Å². The number of carbonyl (C=O) groups excluding carboxylic acids is 1. The zero-order valence-electron chi connectivity index (χ0n) is 8.22. The number of fused-ring (bicyclic) bond motifs is 1. The average Bonchev–Trinajstić information content (AvgIpc) is 2.16. The van der Waals surface area contributed by atoms with Gasteiger partial charge in [-0.15, -0.1) is 0 Å². The van der Waals surface area contributed by atoms with E-state index in [1.165, 1.54) is 6.92 Å². The Bertz CT molecular complexity index is 431. The van der Waals surface area contributed by atoms with Crippen LogP contribution >= 0.6 is 0 Å². The van der Waals surface area contributed by atoms with E-state index in [0.717, 1.165) is 36.9 Å². The molecular formula is C11H13NO2. The highest BCUT2D eigenvalue weighted by Gasteiger charge is 2.14. The lowest BCUT2D eigenvalue weighted by Crippen LogP contribution is -2.21. The quantitative estimate of drug-likeness (QED) is 0.683. The molecule has 1 aliphatic carbocycles. The zero-order chi connectivity index (χ0) is 10.1. The third-order valence-corrected chi connectivity index (χ3v) is 2.72. The Morgan fingerprint density at radius 2 is 2.07 bits per heavy atom. The summed E-state index contributed by atoms with van der Waals surface area (Å²) in [6.07, 6.45) is 4.19. The smallest absolute Gasteiger partial charge is 0.259 e. The summed E-state index contributed by atoms with van der Waals surface area (Å²) in [7, 11) is 0. The molecule has 0 aromatic carbocycles. The Morgan fingerprint density at radius 3 is 2.79 bits per heavy atom. The summed E-state index contributed by atoms with van der Waals surface area (Å²) in [6.45, 7) is 1.43. The molecule has 2 rings (SSSR count). The van der Waals surface area contributed by atoms with Crippen molar-refractivity contribution < 1.29 is 4.79 Å². The second-order valence-electron chi connectivity index (χ2n) is 3.78. The predicted molar refractivity (Wildman–Crippen MR) is 53.7 cm³/mol. The minimum atomic E-state index is -0.238. The molecule has 3 heteroatoms. The molecule has 0 unspecified atom stereocenters. The molecule has 0 spiro atoms. The van der Waals surface area contributed by atoms with E-state index in [-0.39, 0.29) is 11.3 Å². The average molecular weight is 191 g/mol. The molecule has 1 aliphatic rings. The fraction of sp³-hybridized carbons (Fsp3) is 0.455. The van der Waals surface area contributed by atoms with Gasteiger partial charge in [0.15, 0.2) is 5.78 Å². The van der Waals surface area contributed by atoms with Gasteiger partial charge in [0.1, 0.15) is 0 Å². The molecule has 0 radical (unpaired) electrons. The molecule has 1 aromatic rings. The van der Waals surface area contributed by atoms with Crippen molar-refractivity contribution in [3.8, 4) is 0 Å². The molecule has 1 aromatic heterocycles. The lowest BCUT2D eigenvalue weighted by Gasteiger charge is -2.15. The van der Waals surface area contributed by atoms with Crippen molar-refractivity contribution in [1.29, 1.82) is 0 Å². The number of Topliss-reactive ketones (excluding diaryl/α,β-unsaturated/α-hetero) is 1. The second kappa shape index (κ2) is 3.40. The molecule has 0 aliphatic heterocycles. The molecule has 0 saturated heterocycles. The highest BCUT2D eigenvalue weighted by molar-refractivity contribution is 5.93. The number of aryl methyl sites for hydroxylation is 2. The number of pyridine rings is 1. The Morgan fingerprint density at radius 1 is 1.36 bits per heavy atom. The number of nitrogens with one attached hydrogen (secondary N) is 1. The third-order valence-electron chi connectivity index (χ3n) is 2.72. The van der Waals surface area contributed by atoms with Crippen LogP contribution in [-0.2, 0) is 12.8 Å². The Balaban J connectivity index is 2.56. The van der Waals surface area contributed by atoms with E-state index in [1.807, 2.05) is 0 Å². The number of aromatic amines is 1. The monoisotopic (exact) mass is 191 g/mol. The molecule has 0 amide bonds. The van der Waals surface area contributed by atoms with Gasteiger partial charge in [-0.25, -0.2) is 0 Å². The van der Waals surface area contributed by atoms with Crippen molar-refractivity contribution in [3.63, 3.8) is 0 Å². The van der Waals surface area contributed by atoms with Crippen LogP contribution in [0.4, 0.5) is 0 Å². The van der Waals surface area contributed by atoms with Gasteiger partial charge >= 0.3 is 0 Å². The maximum Gasteiger partial charge on any atom is 0.259 e. The van der Waals surface area contributed by atoms with E-state index in [9.17, 15) is 9.59 Å². The zero-order valence-corrected chi connectivity index (χ0v) is 8.22. The summed E-state index contributed by atoms with van der Waals surface area (Å²) in [4.78, 5) is 25.4. The normalized spacial score (nSPS) is 14.9. The molecule has 0 fully saturated rings. The number of hydrogen-bond acceptors (Lipinski definition) is 2. The summed E-state index contributed by atoms with van der Waals surface area (Å²) in [6, 6.07) is 1.76. The summed E-state index contributed by atoms with van der Waals surface area (Å²) in [5.74, 6) is -0.153. The van der Waals surface area contributed by atoms with Crippen LogP contribution in [0, 0.1) is 0 Å². The van der Waals surface area contributed by atoms with Crippen molar-refractivity contribution in [2.45, 2.75) is 32.6 Å². The SMILES string of the molecule is CC(=O)c1cc2c([nH]c1=O)CCCC2. The molecule has 1 N–H and O–H groups in total. The first-order valence-electron chi connectivity index (χ1n) is 4.94. The molecule has 1 heterocycles. The van der Waals surface area contributed by atoms with E-state index in [2.05, 4.69) is 4.98 Å². The van der Waals surface area contributed by atoms with Gasteiger partial charge in [-0.05, 0) is 44.2 Å². The molecule has 0 bridgehead atoms. The lowest BCUT2D eigenvalue weighted by atomic mass is 9.94. The number of H-pyrrole nitrogens is 1. The van der Waals surface area contributed by atoms with Crippen LogP contribution in [-0.4, -0.2) is 10.8 Å². The van der Waals surface area contributed by atoms with Crippen molar-refractivity contribution in [3.05, 3.63) is 33.2 Å². The van der Waals surface area contributed by atoms with Gasteiger partial charge < -0.3 is 4.98 Å². The van der Waals surface area contributed by atoms with Gasteiger partial charge in [0.05, 0.1) is 5.56 Å². The first kappa shape index (κ1) is 9.19. The van der Waals surface area contributed by atoms with Gasteiger partial charge in [0, 0.05) is 5.69 Å². The first-order valence-corrected chi connectivity index (χ1v) is 4.94. The van der Waals surface area contributed by atoms with Crippen LogP contribution in [0.5, 0.6) is 0 Å². The van der Waals surface area contributed by atoms with E-state index >= 15 is 0 Å². The highest BCUT2D eigenvalue weighted by Crippen LogP contribution is 2.18. The van der Waals surface area contributed by atoms with Crippen molar-refractivity contribution >= 4 is 5.78 Å². The third kappa shape index (κ3) is 1.50. The van der Waals surface area contributed by atoms with E-state index in [4.69, 9.17) is 0 Å². The van der Waals surface area contributed by atoms with E-state index in [0.29, 0.717) is 5.56 Å². The largest absolute Gasteiger partial charge is 0.325 e. The van der Waals surface area contributed by atoms with Crippen LogP contribution in [0.3, 0.4) is 0 Å². The Kier molecular flexibility index (Phi) is 2.23. The van der Waals surface area contributed by atoms with E-state index < -0.39 is 0 Å². The van der Waals surface area contributed by atoms with Gasteiger partial charge in [0.2, 0.25) is 0 Å². The fourth-order valence-electron chi connectivity index (χ4n) is 1.94. The highest BCUT2D eigenvalue weighted by atomic mass is 16.1. The molecule has 3 nitrogen and oxygen atoms in total. The number of rotatable bonds is 1. The number of ketones is 1. The molecule has 0 saturated carbocycles. The van der Waals surface area contributed by atoms with Gasteiger partial charge in [-0.2, -0.15) is 0 Å². The summed E-state index contributed by atoms with van der Waals surface area (Å²) >= 11 is 0. The van der Waals surface area contributed by atoms with Crippen molar-refractivity contribution in [2.24, 2.45) is 0 Å². The molecule has 14 heavy (non-hydrogen) atoms. The van der Waals surface area contributed by atoms with Crippen LogP contribution < -0.4 is 5.56 Å². The Hall–Kier alpha value is -1.38. The summed E-state index contributed by atoms with van der Waals surface area (Å²) in [5, 5.41) is 0. The second-order valence-corrected chi connectivity index (χ2v) is 3.78. The fourth-order valence-corrected chi connectivity index (χ4v) is 1.94. The van der Waals surface area contributed by atoms with Crippen LogP contribution in [0.15, 0.2) is 10.9 Å². The minimum absolute atomic E-state index is 0.153. The number of hydrogen-bond donors (Lipinski definition) is 1. The van der Waals surface area contributed by atoms with Crippen LogP contribution in [0.2, 0.25) is 0 Å². The minimum Gasteiger partial charge on any atom is -0.325 e. The van der Waals surface area contributed by atoms with Crippen molar-refractivity contribution in [2.75, 3.05) is 0 Å². The topological polar surface area (TPSA) is 49.9 Å². The molecular weight excluding hydrogens is 178 g/mol. The number of aromatic nitrogens is 1. The summed E-state index contributed by atoms with van der Waals surface area (Å²) in [5.41, 5.74) is 2.22. The molecule has 74 valence electrons. The maximum atomic E-state index is 11.5. The summed E-state index contributed by atoms with van der Waals surface area (Å²) < 4.78 is 0. The predicted octanol–water partition coefficient (Wildman–Crippen LogP) is 1.46. The van der Waals surface area contributed by atoms with Gasteiger partial charge in [-0.1, -0.05) is 0 Å². The Labute approximate surface area is 82.2 Å². The van der Waals surface area contributed by atoms with Gasteiger partial charge in [0.25, 0.3) is 5.56 Å². The van der Waals surface area contributed by atoms with Crippen molar-refractivity contribution in [1.82, 2.24) is 4.98 Å². The molecule has 0 atom stereocenters. The first-order chi connectivity index (χ1) is 6.68. The maximum absolute atomic E-state index is 11.5.